The number of likely N-dealkylation sites (tertiary alicyclic amines) is 1. The SMILES string of the molecule is CN(C)c1cccc(C(=O)N2CC(N)C(C3CC3)C2)c1. The van der Waals surface area contributed by atoms with E-state index in [1.807, 2.05) is 48.2 Å². The molecule has 1 aliphatic carbocycles. The van der Waals surface area contributed by atoms with Crippen LogP contribution >= 0.6 is 0 Å². The van der Waals surface area contributed by atoms with E-state index in [1.54, 1.807) is 0 Å². The molecule has 3 rings (SSSR count). The first-order valence-electron chi connectivity index (χ1n) is 7.38. The van der Waals surface area contributed by atoms with Gasteiger partial charge in [0.15, 0.2) is 0 Å². The van der Waals surface area contributed by atoms with E-state index < -0.39 is 0 Å². The highest BCUT2D eigenvalue weighted by Crippen LogP contribution is 2.41. The molecular formula is C16H23N3O. The van der Waals surface area contributed by atoms with Crippen LogP contribution in [0.3, 0.4) is 0 Å². The normalized spacial score (nSPS) is 25.9. The summed E-state index contributed by atoms with van der Waals surface area (Å²) in [5, 5.41) is 0. The van der Waals surface area contributed by atoms with Crippen LogP contribution in [0.25, 0.3) is 0 Å². The molecule has 1 saturated carbocycles. The number of anilines is 1. The molecular weight excluding hydrogens is 250 g/mol. The highest BCUT2D eigenvalue weighted by Gasteiger charge is 2.42. The summed E-state index contributed by atoms with van der Waals surface area (Å²) in [5.41, 5.74) is 8.02. The molecule has 2 atom stereocenters. The van der Waals surface area contributed by atoms with E-state index >= 15 is 0 Å². The van der Waals surface area contributed by atoms with Crippen molar-refractivity contribution in [2.45, 2.75) is 18.9 Å². The molecule has 108 valence electrons. The zero-order valence-corrected chi connectivity index (χ0v) is 12.2. The fourth-order valence-corrected chi connectivity index (χ4v) is 3.14. The predicted octanol–water partition coefficient (Wildman–Crippen LogP) is 1.56. The topological polar surface area (TPSA) is 49.6 Å². The maximum Gasteiger partial charge on any atom is 0.253 e. The van der Waals surface area contributed by atoms with Gasteiger partial charge in [0.25, 0.3) is 5.91 Å². The molecule has 2 unspecified atom stereocenters. The van der Waals surface area contributed by atoms with E-state index in [0.717, 1.165) is 23.7 Å². The molecule has 1 aliphatic heterocycles. The van der Waals surface area contributed by atoms with Crippen LogP contribution in [-0.2, 0) is 0 Å². The monoisotopic (exact) mass is 273 g/mol. The van der Waals surface area contributed by atoms with Crippen molar-refractivity contribution in [3.8, 4) is 0 Å². The minimum Gasteiger partial charge on any atom is -0.378 e. The summed E-state index contributed by atoms with van der Waals surface area (Å²) >= 11 is 0. The average Bonchev–Trinajstić information content (AvgIpc) is 3.21. The average molecular weight is 273 g/mol. The number of carbonyl (C=O) groups is 1. The van der Waals surface area contributed by atoms with E-state index in [0.29, 0.717) is 12.5 Å². The quantitative estimate of drug-likeness (QED) is 0.909. The molecule has 1 amide bonds. The van der Waals surface area contributed by atoms with Gasteiger partial charge in [0.05, 0.1) is 0 Å². The van der Waals surface area contributed by atoms with Gasteiger partial charge in [0.1, 0.15) is 0 Å². The third kappa shape index (κ3) is 2.52. The van der Waals surface area contributed by atoms with Crippen LogP contribution in [0.5, 0.6) is 0 Å². The molecule has 2 N–H and O–H groups in total. The molecule has 1 saturated heterocycles. The first-order valence-corrected chi connectivity index (χ1v) is 7.38. The van der Waals surface area contributed by atoms with Crippen molar-refractivity contribution >= 4 is 11.6 Å². The number of nitrogens with two attached hydrogens (primary N) is 1. The van der Waals surface area contributed by atoms with Crippen LogP contribution in [0.2, 0.25) is 0 Å². The number of amides is 1. The van der Waals surface area contributed by atoms with Crippen LogP contribution in [-0.4, -0.2) is 44.0 Å². The summed E-state index contributed by atoms with van der Waals surface area (Å²) in [6.45, 7) is 1.53. The summed E-state index contributed by atoms with van der Waals surface area (Å²) in [6, 6.07) is 7.96. The van der Waals surface area contributed by atoms with Crippen LogP contribution in [0.1, 0.15) is 23.2 Å². The van der Waals surface area contributed by atoms with Gasteiger partial charge < -0.3 is 15.5 Å². The maximum absolute atomic E-state index is 12.6. The number of hydrogen-bond donors (Lipinski definition) is 1. The van der Waals surface area contributed by atoms with Gasteiger partial charge in [-0.25, -0.2) is 0 Å². The second-order valence-electron chi connectivity index (χ2n) is 6.32. The van der Waals surface area contributed by atoms with Gasteiger partial charge in [-0.05, 0) is 42.9 Å². The van der Waals surface area contributed by atoms with Gasteiger partial charge >= 0.3 is 0 Å². The first-order chi connectivity index (χ1) is 9.56. The molecule has 4 heteroatoms. The van der Waals surface area contributed by atoms with Crippen LogP contribution in [0.15, 0.2) is 24.3 Å². The number of hydrogen-bond acceptors (Lipinski definition) is 3. The number of benzene rings is 1. The standard InChI is InChI=1S/C16H23N3O/c1-18(2)13-5-3-4-12(8-13)16(20)19-9-14(11-6-7-11)15(17)10-19/h3-5,8,11,14-15H,6-7,9-10,17H2,1-2H3. The Kier molecular flexibility index (Phi) is 3.42. The lowest BCUT2D eigenvalue weighted by molar-refractivity contribution is 0.0785. The minimum atomic E-state index is 0.118. The van der Waals surface area contributed by atoms with Crippen LogP contribution < -0.4 is 10.6 Å². The fourth-order valence-electron chi connectivity index (χ4n) is 3.14. The highest BCUT2D eigenvalue weighted by molar-refractivity contribution is 5.95. The van der Waals surface area contributed by atoms with Crippen molar-refractivity contribution in [3.63, 3.8) is 0 Å². The first kappa shape index (κ1) is 13.4. The smallest absolute Gasteiger partial charge is 0.253 e. The molecule has 1 aromatic rings. The minimum absolute atomic E-state index is 0.118. The molecule has 4 nitrogen and oxygen atoms in total. The lowest BCUT2D eigenvalue weighted by Gasteiger charge is -2.18. The molecule has 20 heavy (non-hydrogen) atoms. The van der Waals surface area contributed by atoms with Gasteiger partial charge in [0, 0.05) is 44.5 Å². The third-order valence-electron chi connectivity index (χ3n) is 4.54. The van der Waals surface area contributed by atoms with E-state index in [1.165, 1.54) is 12.8 Å². The highest BCUT2D eigenvalue weighted by atomic mass is 16.2. The summed E-state index contributed by atoms with van der Waals surface area (Å²) in [4.78, 5) is 16.6. The van der Waals surface area contributed by atoms with Gasteiger partial charge in [0.2, 0.25) is 0 Å². The van der Waals surface area contributed by atoms with E-state index in [9.17, 15) is 4.79 Å². The summed E-state index contributed by atoms with van der Waals surface area (Å²) in [6.07, 6.45) is 2.58. The summed E-state index contributed by atoms with van der Waals surface area (Å²) < 4.78 is 0. The van der Waals surface area contributed by atoms with Gasteiger partial charge in [-0.2, -0.15) is 0 Å². The van der Waals surface area contributed by atoms with Crippen molar-refractivity contribution in [2.24, 2.45) is 17.6 Å². The number of carbonyl (C=O) groups excluding carboxylic acids is 1. The number of rotatable bonds is 3. The molecule has 1 heterocycles. The summed E-state index contributed by atoms with van der Waals surface area (Å²) in [5.74, 6) is 1.39. The third-order valence-corrected chi connectivity index (χ3v) is 4.54. The second kappa shape index (κ2) is 5.09. The van der Waals surface area contributed by atoms with Gasteiger partial charge in [-0.15, -0.1) is 0 Å². The lowest BCUT2D eigenvalue weighted by atomic mass is 9.99. The molecule has 1 aromatic carbocycles. The van der Waals surface area contributed by atoms with E-state index in [-0.39, 0.29) is 11.9 Å². The Morgan fingerprint density at radius 1 is 1.30 bits per heavy atom. The molecule has 0 radical (unpaired) electrons. The zero-order chi connectivity index (χ0) is 14.3. The fraction of sp³-hybridized carbons (Fsp3) is 0.562. The molecule has 0 spiro atoms. The Bertz CT molecular complexity index is 510. The van der Waals surface area contributed by atoms with Crippen LogP contribution in [0, 0.1) is 11.8 Å². The van der Waals surface area contributed by atoms with Gasteiger partial charge in [-0.3, -0.25) is 4.79 Å². The van der Waals surface area contributed by atoms with E-state index in [2.05, 4.69) is 0 Å². The van der Waals surface area contributed by atoms with E-state index in [4.69, 9.17) is 5.73 Å². The van der Waals surface area contributed by atoms with Crippen molar-refractivity contribution in [1.82, 2.24) is 4.90 Å². The Labute approximate surface area is 120 Å². The predicted molar refractivity (Wildman–Crippen MR) is 80.9 cm³/mol. The molecule has 2 aliphatic rings. The molecule has 2 fully saturated rings. The van der Waals surface area contributed by atoms with Crippen molar-refractivity contribution in [2.75, 3.05) is 32.1 Å². The second-order valence-corrected chi connectivity index (χ2v) is 6.32. The van der Waals surface area contributed by atoms with Crippen molar-refractivity contribution in [1.29, 1.82) is 0 Å². The lowest BCUT2D eigenvalue weighted by Crippen LogP contribution is -2.32. The zero-order valence-electron chi connectivity index (χ0n) is 12.2. The number of nitrogens with zero attached hydrogens (tertiary/aromatic N) is 2. The Morgan fingerprint density at radius 3 is 2.70 bits per heavy atom. The van der Waals surface area contributed by atoms with Crippen molar-refractivity contribution in [3.05, 3.63) is 29.8 Å². The Balaban J connectivity index is 1.74. The molecule has 0 bridgehead atoms. The van der Waals surface area contributed by atoms with Gasteiger partial charge in [-0.1, -0.05) is 6.07 Å². The molecule has 0 aromatic heterocycles. The summed E-state index contributed by atoms with van der Waals surface area (Å²) in [7, 11) is 3.97. The van der Waals surface area contributed by atoms with Crippen molar-refractivity contribution < 1.29 is 4.79 Å². The Hall–Kier alpha value is -1.55. The van der Waals surface area contributed by atoms with Crippen LogP contribution in [0.4, 0.5) is 5.69 Å². The Morgan fingerprint density at radius 2 is 2.05 bits per heavy atom. The maximum atomic E-state index is 12.6. The largest absolute Gasteiger partial charge is 0.378 e.